The number of hydrogen-bond acceptors (Lipinski definition) is 1. The Hall–Kier alpha value is -0.960. The molecule has 0 aliphatic heterocycles. The number of aromatic amines is 1. The molecule has 0 saturated heterocycles. The van der Waals surface area contributed by atoms with Crippen LogP contribution < -0.4 is 0 Å². The van der Waals surface area contributed by atoms with E-state index in [1.807, 2.05) is 17.6 Å². The summed E-state index contributed by atoms with van der Waals surface area (Å²) in [6, 6.07) is 0. The smallest absolute Gasteiger partial charge is 0.157 e. The molecule has 0 aliphatic rings. The van der Waals surface area contributed by atoms with Gasteiger partial charge in [0.05, 0.1) is 5.88 Å². The highest BCUT2D eigenvalue weighted by Crippen LogP contribution is 2.14. The molecule has 2 heterocycles. The van der Waals surface area contributed by atoms with Gasteiger partial charge in [0.2, 0.25) is 0 Å². The second kappa shape index (κ2) is 2.27. The third kappa shape index (κ3) is 0.844. The molecule has 3 nitrogen and oxygen atoms in total. The maximum Gasteiger partial charge on any atom is 0.157 e. The summed E-state index contributed by atoms with van der Waals surface area (Å²) < 4.78 is 1.87. The van der Waals surface area contributed by atoms with Crippen molar-refractivity contribution in [2.75, 3.05) is 0 Å². The van der Waals surface area contributed by atoms with E-state index in [1.165, 1.54) is 0 Å². The topological polar surface area (TPSA) is 33.1 Å². The van der Waals surface area contributed by atoms with E-state index in [0.717, 1.165) is 16.9 Å². The predicted octanol–water partition coefficient (Wildman–Crippen LogP) is 1.71. The summed E-state index contributed by atoms with van der Waals surface area (Å²) in [5, 5.41) is 3.13. The summed E-state index contributed by atoms with van der Waals surface area (Å²) in [5.41, 5.74) is 3.09. The highest BCUT2D eigenvalue weighted by atomic mass is 35.5. The zero-order chi connectivity index (χ0) is 7.84. The minimum Gasteiger partial charge on any atom is -0.297 e. The van der Waals surface area contributed by atoms with Crippen molar-refractivity contribution < 1.29 is 0 Å². The molecule has 0 bridgehead atoms. The molecule has 0 aromatic carbocycles. The van der Waals surface area contributed by atoms with Crippen LogP contribution >= 0.6 is 11.6 Å². The number of rotatable bonds is 1. The molecule has 0 unspecified atom stereocenters. The second-order valence-electron chi connectivity index (χ2n) is 2.47. The van der Waals surface area contributed by atoms with Crippen LogP contribution in [0.3, 0.4) is 0 Å². The summed E-state index contributed by atoms with van der Waals surface area (Å²) in [6.45, 7) is 1.99. The van der Waals surface area contributed by atoms with Crippen LogP contribution in [0.25, 0.3) is 5.65 Å². The van der Waals surface area contributed by atoms with Gasteiger partial charge in [-0.2, -0.15) is 0 Å². The highest BCUT2D eigenvalue weighted by Gasteiger charge is 2.06. The van der Waals surface area contributed by atoms with Gasteiger partial charge in [-0.15, -0.1) is 11.6 Å². The third-order valence-electron chi connectivity index (χ3n) is 1.79. The van der Waals surface area contributed by atoms with Crippen molar-refractivity contribution in [3.8, 4) is 0 Å². The van der Waals surface area contributed by atoms with Crippen LogP contribution in [-0.2, 0) is 5.88 Å². The molecule has 58 valence electrons. The van der Waals surface area contributed by atoms with Crippen LogP contribution in [0.15, 0.2) is 12.4 Å². The third-order valence-corrected chi connectivity index (χ3v) is 2.05. The van der Waals surface area contributed by atoms with E-state index in [-0.39, 0.29) is 0 Å². The molecular weight excluding hydrogens is 162 g/mol. The Balaban J connectivity index is 2.80. The fourth-order valence-corrected chi connectivity index (χ4v) is 1.51. The molecule has 0 fully saturated rings. The van der Waals surface area contributed by atoms with Gasteiger partial charge in [-0.3, -0.25) is 5.10 Å². The van der Waals surface area contributed by atoms with E-state index in [0.29, 0.717) is 5.88 Å². The Morgan fingerprint density at radius 2 is 2.55 bits per heavy atom. The molecular formula is C7H8ClN3. The lowest BCUT2D eigenvalue weighted by molar-refractivity contribution is 0.943. The first-order valence-corrected chi connectivity index (χ1v) is 3.93. The van der Waals surface area contributed by atoms with Gasteiger partial charge in [0.1, 0.15) is 0 Å². The van der Waals surface area contributed by atoms with Crippen LogP contribution in [-0.4, -0.2) is 14.6 Å². The first-order chi connectivity index (χ1) is 5.33. The minimum absolute atomic E-state index is 0.510. The van der Waals surface area contributed by atoms with E-state index >= 15 is 0 Å². The average molecular weight is 170 g/mol. The number of halogens is 1. The van der Waals surface area contributed by atoms with Gasteiger partial charge in [0.15, 0.2) is 5.65 Å². The highest BCUT2D eigenvalue weighted by molar-refractivity contribution is 6.17. The van der Waals surface area contributed by atoms with E-state index in [1.54, 1.807) is 6.20 Å². The molecule has 4 heteroatoms. The molecule has 2 aromatic heterocycles. The zero-order valence-electron chi connectivity index (χ0n) is 6.13. The summed E-state index contributed by atoms with van der Waals surface area (Å²) in [7, 11) is 0. The fraction of sp³-hybridized carbons (Fsp3) is 0.286. The lowest BCUT2D eigenvalue weighted by Crippen LogP contribution is -1.79. The van der Waals surface area contributed by atoms with Crippen molar-refractivity contribution >= 4 is 17.2 Å². The lowest BCUT2D eigenvalue weighted by atomic mass is 10.3. The number of aromatic nitrogens is 3. The second-order valence-corrected chi connectivity index (χ2v) is 2.74. The van der Waals surface area contributed by atoms with Crippen molar-refractivity contribution in [3.05, 3.63) is 23.7 Å². The maximum absolute atomic E-state index is 5.74. The Bertz CT molecular complexity index is 374. The van der Waals surface area contributed by atoms with Crippen LogP contribution in [0.1, 0.15) is 11.3 Å². The van der Waals surface area contributed by atoms with Crippen molar-refractivity contribution in [2.45, 2.75) is 12.8 Å². The van der Waals surface area contributed by atoms with Gasteiger partial charge in [-0.1, -0.05) is 0 Å². The average Bonchev–Trinajstić information content (AvgIpc) is 2.46. The number of nitrogens with one attached hydrogen (secondary N) is 1. The predicted molar refractivity (Wildman–Crippen MR) is 43.8 cm³/mol. The largest absolute Gasteiger partial charge is 0.297 e. The Morgan fingerprint density at radius 3 is 3.27 bits per heavy atom. The Morgan fingerprint density at radius 1 is 1.73 bits per heavy atom. The molecule has 0 atom stereocenters. The van der Waals surface area contributed by atoms with Crippen LogP contribution in [0.2, 0.25) is 0 Å². The summed E-state index contributed by atoms with van der Waals surface area (Å²) in [6.07, 6.45) is 3.62. The standard InChI is InChI=1S/C7H8ClN3/c1-5-6(4-8)7-9-2-3-11(7)10-5/h2-3,10H,4H2,1H3. The fourth-order valence-electron chi connectivity index (χ4n) is 1.19. The van der Waals surface area contributed by atoms with E-state index in [2.05, 4.69) is 10.1 Å². The molecule has 0 spiro atoms. The number of nitrogens with zero attached hydrogens (tertiary/aromatic N) is 2. The van der Waals surface area contributed by atoms with Gasteiger partial charge >= 0.3 is 0 Å². The van der Waals surface area contributed by atoms with E-state index in [9.17, 15) is 0 Å². The van der Waals surface area contributed by atoms with Crippen LogP contribution in [0.5, 0.6) is 0 Å². The van der Waals surface area contributed by atoms with Gasteiger partial charge in [-0.25, -0.2) is 9.50 Å². The number of hydrogen-bond donors (Lipinski definition) is 1. The van der Waals surface area contributed by atoms with Crippen molar-refractivity contribution in [1.29, 1.82) is 0 Å². The molecule has 2 aromatic rings. The molecule has 0 amide bonds. The monoisotopic (exact) mass is 169 g/mol. The number of H-pyrrole nitrogens is 1. The Labute approximate surface area is 69.0 Å². The normalized spacial score (nSPS) is 11.1. The zero-order valence-corrected chi connectivity index (χ0v) is 6.89. The molecule has 2 rings (SSSR count). The van der Waals surface area contributed by atoms with Crippen LogP contribution in [0.4, 0.5) is 0 Å². The van der Waals surface area contributed by atoms with Gasteiger partial charge in [0.25, 0.3) is 0 Å². The molecule has 0 aliphatic carbocycles. The molecule has 1 N–H and O–H groups in total. The minimum atomic E-state index is 0.510. The maximum atomic E-state index is 5.74. The quantitative estimate of drug-likeness (QED) is 0.648. The first-order valence-electron chi connectivity index (χ1n) is 3.39. The molecule has 0 saturated carbocycles. The van der Waals surface area contributed by atoms with Gasteiger partial charge < -0.3 is 0 Å². The van der Waals surface area contributed by atoms with Crippen LogP contribution in [0, 0.1) is 6.92 Å². The molecule has 11 heavy (non-hydrogen) atoms. The SMILES string of the molecule is Cc1[nH]n2ccnc2c1CCl. The lowest BCUT2D eigenvalue weighted by Gasteiger charge is -1.87. The summed E-state index contributed by atoms with van der Waals surface area (Å²) in [5.74, 6) is 0.510. The number of fused-ring (bicyclic) bond motifs is 1. The van der Waals surface area contributed by atoms with Gasteiger partial charge in [0, 0.05) is 23.7 Å². The van der Waals surface area contributed by atoms with Crippen molar-refractivity contribution in [2.24, 2.45) is 0 Å². The molecule has 0 radical (unpaired) electrons. The Kier molecular flexibility index (Phi) is 1.39. The number of imidazole rings is 1. The summed E-state index contributed by atoms with van der Waals surface area (Å²) >= 11 is 5.74. The number of aryl methyl sites for hydroxylation is 1. The summed E-state index contributed by atoms with van der Waals surface area (Å²) in [4.78, 5) is 4.16. The number of alkyl halides is 1. The first kappa shape index (κ1) is 6.73. The van der Waals surface area contributed by atoms with Gasteiger partial charge in [-0.05, 0) is 6.92 Å². The van der Waals surface area contributed by atoms with E-state index in [4.69, 9.17) is 11.6 Å². The van der Waals surface area contributed by atoms with Crippen molar-refractivity contribution in [3.63, 3.8) is 0 Å². The van der Waals surface area contributed by atoms with E-state index < -0.39 is 0 Å². The van der Waals surface area contributed by atoms with Crippen molar-refractivity contribution in [1.82, 2.24) is 14.6 Å².